The summed E-state index contributed by atoms with van der Waals surface area (Å²) in [5.41, 5.74) is 10.0. The molecule has 0 atom stereocenters. The Bertz CT molecular complexity index is 1190. The number of hydrogen-bond donors (Lipinski definition) is 1. The van der Waals surface area contributed by atoms with Gasteiger partial charge in [-0.25, -0.2) is 13.8 Å². The van der Waals surface area contributed by atoms with Gasteiger partial charge in [0.15, 0.2) is 0 Å². The van der Waals surface area contributed by atoms with Crippen LogP contribution in [-0.2, 0) is 9.53 Å². The highest BCUT2D eigenvalue weighted by atomic mass is 19.3. The van der Waals surface area contributed by atoms with Crippen LogP contribution in [0.5, 0.6) is 0 Å². The van der Waals surface area contributed by atoms with Crippen LogP contribution >= 0.6 is 0 Å². The number of carbonyl (C=O) groups is 1. The summed E-state index contributed by atoms with van der Waals surface area (Å²) in [4.78, 5) is 25.1. The Kier molecular flexibility index (Phi) is 6.44. The second kappa shape index (κ2) is 9.53. The Morgan fingerprint density at radius 2 is 2.06 bits per heavy atom. The van der Waals surface area contributed by atoms with E-state index >= 15 is 0 Å². The van der Waals surface area contributed by atoms with Gasteiger partial charge >= 0.3 is 0 Å². The third kappa shape index (κ3) is 5.00. The van der Waals surface area contributed by atoms with E-state index in [2.05, 4.69) is 4.98 Å². The molecule has 3 aliphatic heterocycles. The summed E-state index contributed by atoms with van der Waals surface area (Å²) in [7, 11) is 0. The number of alkyl halides is 2. The van der Waals surface area contributed by atoms with Crippen molar-refractivity contribution in [1.82, 2.24) is 9.88 Å². The predicted octanol–water partition coefficient (Wildman–Crippen LogP) is 3.62. The zero-order valence-corrected chi connectivity index (χ0v) is 20.0. The van der Waals surface area contributed by atoms with Crippen molar-refractivity contribution in [1.29, 1.82) is 0 Å². The van der Waals surface area contributed by atoms with Gasteiger partial charge in [0.25, 0.3) is 5.92 Å². The van der Waals surface area contributed by atoms with Gasteiger partial charge in [0, 0.05) is 86.7 Å². The van der Waals surface area contributed by atoms with E-state index in [9.17, 15) is 13.6 Å². The highest BCUT2D eigenvalue weighted by Gasteiger charge is 2.38. The highest BCUT2D eigenvalue weighted by Crippen LogP contribution is 2.33. The molecule has 3 saturated heterocycles. The van der Waals surface area contributed by atoms with E-state index in [1.165, 1.54) is 0 Å². The lowest BCUT2D eigenvalue weighted by Crippen LogP contribution is -2.40. The summed E-state index contributed by atoms with van der Waals surface area (Å²) in [5, 5.41) is 1.73. The number of aliphatic imine (C=N–C) groups is 1. The van der Waals surface area contributed by atoms with Crippen molar-refractivity contribution < 1.29 is 18.3 Å². The van der Waals surface area contributed by atoms with Crippen LogP contribution in [-0.4, -0.2) is 72.9 Å². The maximum atomic E-state index is 13.7. The molecule has 7 nitrogen and oxygen atoms in total. The number of fused-ring (bicyclic) bond motifs is 1. The summed E-state index contributed by atoms with van der Waals surface area (Å²) < 4.78 is 32.9. The Labute approximate surface area is 203 Å². The maximum absolute atomic E-state index is 13.7. The minimum Gasteiger partial charge on any atom is -0.398 e. The number of aromatic nitrogens is 1. The summed E-state index contributed by atoms with van der Waals surface area (Å²) in [5.74, 6) is -2.14. The molecular formula is C26H31F2N5O2. The zero-order chi connectivity index (χ0) is 24.6. The van der Waals surface area contributed by atoms with Crippen LogP contribution in [0.25, 0.3) is 16.5 Å². The van der Waals surface area contributed by atoms with E-state index in [0.29, 0.717) is 44.2 Å². The van der Waals surface area contributed by atoms with Crippen LogP contribution in [0.1, 0.15) is 38.2 Å². The van der Waals surface area contributed by atoms with Gasteiger partial charge in [-0.05, 0) is 24.3 Å². The van der Waals surface area contributed by atoms with Gasteiger partial charge in [0.2, 0.25) is 5.91 Å². The number of amides is 1. The number of ether oxygens (including phenoxy) is 1. The number of pyridine rings is 1. The lowest BCUT2D eigenvalue weighted by atomic mass is 9.94. The first-order valence-corrected chi connectivity index (χ1v) is 12.2. The number of benzene rings is 1. The van der Waals surface area contributed by atoms with Crippen molar-refractivity contribution in [3.8, 4) is 0 Å². The molecule has 186 valence electrons. The number of rotatable bonds is 3. The predicted molar refractivity (Wildman–Crippen MR) is 133 cm³/mol. The van der Waals surface area contributed by atoms with Gasteiger partial charge in [0.05, 0.1) is 12.6 Å². The fraction of sp³-hybridized carbons (Fsp3) is 0.500. The van der Waals surface area contributed by atoms with Gasteiger partial charge in [-0.1, -0.05) is 18.2 Å². The summed E-state index contributed by atoms with van der Waals surface area (Å²) in [6, 6.07) is 7.83. The molecule has 3 aliphatic rings. The fourth-order valence-electron chi connectivity index (χ4n) is 5.10. The van der Waals surface area contributed by atoms with E-state index in [-0.39, 0.29) is 31.5 Å². The molecule has 9 heteroatoms. The Morgan fingerprint density at radius 1 is 1.26 bits per heavy atom. The van der Waals surface area contributed by atoms with E-state index in [1.807, 2.05) is 24.3 Å². The van der Waals surface area contributed by atoms with Crippen LogP contribution in [0.2, 0.25) is 0 Å². The van der Waals surface area contributed by atoms with Crippen molar-refractivity contribution in [3.05, 3.63) is 41.6 Å². The minimum absolute atomic E-state index is 0.00654. The van der Waals surface area contributed by atoms with Crippen LogP contribution in [0.3, 0.4) is 0 Å². The number of halogens is 2. The summed E-state index contributed by atoms with van der Waals surface area (Å²) >= 11 is 0. The minimum atomic E-state index is -2.68. The molecule has 0 radical (unpaired) electrons. The first-order chi connectivity index (χ1) is 16.8. The molecule has 0 bridgehead atoms. The lowest BCUT2D eigenvalue weighted by molar-refractivity contribution is -0.128. The molecule has 0 aliphatic carbocycles. The SMILES string of the molecule is CC(=O)N1CCC(=NC2CCOCC2)C(=C(N)c2cccc3cc(N4CCC(F)(F)C4)ncc23)C1. The van der Waals surface area contributed by atoms with E-state index < -0.39 is 5.92 Å². The zero-order valence-electron chi connectivity index (χ0n) is 20.0. The summed E-state index contributed by atoms with van der Waals surface area (Å²) in [6.07, 6.45) is 3.97. The standard InChI is InChI=1S/C26H31F2N5O2/c1-17(34)32-9-5-23(31-19-6-11-35-12-7-19)22(15-32)25(29)20-4-2-3-18-13-24(30-14-21(18)20)33-10-8-26(27,28)16-33/h2-4,13-14,19H,5-12,15-16,29H2,1H3. The fourth-order valence-corrected chi connectivity index (χ4v) is 5.10. The smallest absolute Gasteiger partial charge is 0.266 e. The number of piperidine rings is 1. The molecule has 4 heterocycles. The van der Waals surface area contributed by atoms with Gasteiger partial charge in [0.1, 0.15) is 5.82 Å². The Morgan fingerprint density at radius 3 is 2.77 bits per heavy atom. The van der Waals surface area contributed by atoms with Crippen LogP contribution in [0.4, 0.5) is 14.6 Å². The molecule has 0 saturated carbocycles. The van der Waals surface area contributed by atoms with Gasteiger partial charge < -0.3 is 20.3 Å². The highest BCUT2D eigenvalue weighted by molar-refractivity contribution is 6.10. The van der Waals surface area contributed by atoms with Gasteiger partial charge in [-0.15, -0.1) is 0 Å². The van der Waals surface area contributed by atoms with E-state index in [4.69, 9.17) is 15.5 Å². The average Bonchev–Trinajstić information content (AvgIpc) is 3.23. The second-order valence-electron chi connectivity index (χ2n) is 9.60. The molecule has 1 aromatic carbocycles. The average molecular weight is 484 g/mol. The van der Waals surface area contributed by atoms with Crippen molar-refractivity contribution >= 4 is 33.9 Å². The normalized spacial score (nSPS) is 23.8. The molecular weight excluding hydrogens is 452 g/mol. The van der Waals surface area contributed by atoms with Crippen molar-refractivity contribution in [3.63, 3.8) is 0 Å². The molecule has 5 rings (SSSR count). The number of nitrogens with zero attached hydrogens (tertiary/aromatic N) is 4. The molecule has 0 unspecified atom stereocenters. The number of hydrogen-bond acceptors (Lipinski definition) is 6. The summed E-state index contributed by atoms with van der Waals surface area (Å²) in [6.45, 7) is 3.98. The number of nitrogens with two attached hydrogens (primary N) is 1. The molecule has 1 aromatic heterocycles. The van der Waals surface area contributed by atoms with Gasteiger partial charge in [-0.3, -0.25) is 9.79 Å². The van der Waals surface area contributed by atoms with Crippen molar-refractivity contribution in [2.45, 2.75) is 44.6 Å². The Balaban J connectivity index is 1.53. The third-order valence-electron chi connectivity index (χ3n) is 7.15. The van der Waals surface area contributed by atoms with Crippen molar-refractivity contribution in [2.75, 3.05) is 44.3 Å². The number of likely N-dealkylation sites (tertiary alicyclic amines) is 1. The van der Waals surface area contributed by atoms with Crippen molar-refractivity contribution in [2.24, 2.45) is 10.7 Å². The molecule has 35 heavy (non-hydrogen) atoms. The van der Waals surface area contributed by atoms with Crippen LogP contribution < -0.4 is 10.6 Å². The van der Waals surface area contributed by atoms with E-state index in [0.717, 1.165) is 40.5 Å². The molecule has 2 aromatic rings. The third-order valence-corrected chi connectivity index (χ3v) is 7.15. The number of anilines is 1. The van der Waals surface area contributed by atoms with Crippen LogP contribution in [0.15, 0.2) is 41.0 Å². The van der Waals surface area contributed by atoms with Crippen LogP contribution in [0, 0.1) is 0 Å². The largest absolute Gasteiger partial charge is 0.398 e. The van der Waals surface area contributed by atoms with Gasteiger partial charge in [-0.2, -0.15) is 0 Å². The van der Waals surface area contributed by atoms with E-state index in [1.54, 1.807) is 22.9 Å². The number of carbonyl (C=O) groups excluding carboxylic acids is 1. The quantitative estimate of drug-likeness (QED) is 0.721. The molecule has 2 N–H and O–H groups in total. The molecule has 1 amide bonds. The first kappa shape index (κ1) is 23.7. The lowest BCUT2D eigenvalue weighted by Gasteiger charge is -2.31. The maximum Gasteiger partial charge on any atom is 0.266 e. The molecule has 0 spiro atoms. The monoisotopic (exact) mass is 483 g/mol. The topological polar surface area (TPSA) is 84.0 Å². The first-order valence-electron chi connectivity index (χ1n) is 12.2. The Hall–Kier alpha value is -3.07. The molecule has 3 fully saturated rings. The second-order valence-corrected chi connectivity index (χ2v) is 9.60.